The Balaban J connectivity index is 3.35. The number of rotatable bonds is 2. The van der Waals surface area contributed by atoms with Crippen LogP contribution in [-0.2, 0) is 0 Å². The molecule has 1 aromatic heterocycles. The van der Waals surface area contributed by atoms with E-state index in [4.69, 9.17) is 15.9 Å². The average Bonchev–Trinajstić information content (AvgIpc) is 2.03. The predicted octanol–water partition coefficient (Wildman–Crippen LogP) is 0.0602. The molecule has 68 valence electrons. The number of aromatic nitrogens is 1. The zero-order valence-corrected chi connectivity index (χ0v) is 6.39. The smallest absolute Gasteiger partial charge is 0.339 e. The molecule has 0 saturated heterocycles. The highest BCUT2D eigenvalue weighted by molar-refractivity contribution is 6.01. The van der Waals surface area contributed by atoms with Crippen LogP contribution in [-0.4, -0.2) is 27.1 Å². The molecule has 0 fully saturated rings. The van der Waals surface area contributed by atoms with E-state index in [0.717, 1.165) is 12.4 Å². The first-order chi connectivity index (χ1) is 6.04. The van der Waals surface area contributed by atoms with Gasteiger partial charge in [-0.2, -0.15) is 0 Å². The molecule has 0 unspecified atom stereocenters. The summed E-state index contributed by atoms with van der Waals surface area (Å²) in [6, 6.07) is 0. The molecule has 0 radical (unpaired) electrons. The number of anilines is 1. The second-order valence-corrected chi connectivity index (χ2v) is 2.26. The third-order valence-electron chi connectivity index (χ3n) is 1.45. The van der Waals surface area contributed by atoms with Crippen LogP contribution in [0.3, 0.4) is 0 Å². The molecule has 1 aromatic rings. The minimum absolute atomic E-state index is 0.282. The standard InChI is InChI=1S/C7H6N2O4/c8-5-3(6(10)11)1-9-2-4(5)7(12)13/h1-2H,(H2,8,9)(H,10,11)(H,12,13). The van der Waals surface area contributed by atoms with Gasteiger partial charge in [0.15, 0.2) is 0 Å². The van der Waals surface area contributed by atoms with Crippen molar-refractivity contribution < 1.29 is 19.8 Å². The fraction of sp³-hybridized carbons (Fsp3) is 0. The Bertz CT molecular complexity index is 343. The maximum Gasteiger partial charge on any atom is 0.339 e. The molecule has 0 bridgehead atoms. The lowest BCUT2D eigenvalue weighted by molar-refractivity contribution is 0.0696. The Hall–Kier alpha value is -2.11. The molecule has 0 aliphatic heterocycles. The highest BCUT2D eigenvalue weighted by atomic mass is 16.4. The molecule has 1 rings (SSSR count). The molecular formula is C7H6N2O4. The summed E-state index contributed by atoms with van der Waals surface area (Å²) in [5, 5.41) is 17.1. The van der Waals surface area contributed by atoms with Gasteiger partial charge in [-0.05, 0) is 0 Å². The van der Waals surface area contributed by atoms with Crippen molar-refractivity contribution in [3.63, 3.8) is 0 Å². The van der Waals surface area contributed by atoms with Gasteiger partial charge in [0, 0.05) is 12.4 Å². The van der Waals surface area contributed by atoms with E-state index in [-0.39, 0.29) is 16.8 Å². The van der Waals surface area contributed by atoms with Crippen LogP contribution in [0.4, 0.5) is 5.69 Å². The number of aromatic carboxylic acids is 2. The number of nitrogens with two attached hydrogens (primary N) is 1. The lowest BCUT2D eigenvalue weighted by Gasteiger charge is -2.02. The maximum absolute atomic E-state index is 10.5. The Morgan fingerprint density at radius 2 is 1.54 bits per heavy atom. The monoisotopic (exact) mass is 182 g/mol. The van der Waals surface area contributed by atoms with Gasteiger partial charge in [0.25, 0.3) is 0 Å². The van der Waals surface area contributed by atoms with Crippen LogP contribution < -0.4 is 5.73 Å². The SMILES string of the molecule is Nc1c(C(=O)O)cncc1C(=O)O. The molecule has 0 spiro atoms. The predicted molar refractivity (Wildman–Crippen MR) is 42.6 cm³/mol. The lowest BCUT2D eigenvalue weighted by atomic mass is 10.1. The molecule has 0 atom stereocenters. The van der Waals surface area contributed by atoms with Crippen molar-refractivity contribution in [2.45, 2.75) is 0 Å². The van der Waals surface area contributed by atoms with E-state index in [1.807, 2.05) is 0 Å². The molecule has 4 N–H and O–H groups in total. The van der Waals surface area contributed by atoms with Crippen LogP contribution in [0.15, 0.2) is 12.4 Å². The summed E-state index contributed by atoms with van der Waals surface area (Å²) in [7, 11) is 0. The Morgan fingerprint density at radius 1 is 1.15 bits per heavy atom. The maximum atomic E-state index is 10.5. The summed E-state index contributed by atoms with van der Waals surface area (Å²) in [5.74, 6) is -2.60. The largest absolute Gasteiger partial charge is 0.478 e. The molecular weight excluding hydrogens is 176 g/mol. The van der Waals surface area contributed by atoms with Gasteiger partial charge < -0.3 is 15.9 Å². The average molecular weight is 182 g/mol. The van der Waals surface area contributed by atoms with Gasteiger partial charge in [-0.25, -0.2) is 9.59 Å². The first-order valence-electron chi connectivity index (χ1n) is 3.24. The van der Waals surface area contributed by atoms with Crippen molar-refractivity contribution in [2.24, 2.45) is 0 Å². The number of hydrogen-bond donors (Lipinski definition) is 3. The Kier molecular flexibility index (Phi) is 2.14. The van der Waals surface area contributed by atoms with E-state index in [2.05, 4.69) is 4.98 Å². The molecule has 13 heavy (non-hydrogen) atoms. The van der Waals surface area contributed by atoms with Crippen molar-refractivity contribution in [3.8, 4) is 0 Å². The minimum Gasteiger partial charge on any atom is -0.478 e. The fourth-order valence-corrected chi connectivity index (χ4v) is 0.811. The van der Waals surface area contributed by atoms with E-state index in [9.17, 15) is 9.59 Å². The van der Waals surface area contributed by atoms with Gasteiger partial charge in [-0.15, -0.1) is 0 Å². The Morgan fingerprint density at radius 3 is 1.85 bits per heavy atom. The summed E-state index contributed by atoms with van der Waals surface area (Å²) < 4.78 is 0. The van der Waals surface area contributed by atoms with Crippen molar-refractivity contribution >= 4 is 17.6 Å². The lowest BCUT2D eigenvalue weighted by Crippen LogP contribution is -2.09. The second-order valence-electron chi connectivity index (χ2n) is 2.26. The van der Waals surface area contributed by atoms with Gasteiger partial charge in [-0.1, -0.05) is 0 Å². The molecule has 0 aliphatic carbocycles. The van der Waals surface area contributed by atoms with E-state index in [0.29, 0.717) is 0 Å². The second kappa shape index (κ2) is 3.10. The summed E-state index contributed by atoms with van der Waals surface area (Å²) in [6.45, 7) is 0. The third-order valence-corrected chi connectivity index (χ3v) is 1.45. The molecule has 0 saturated carbocycles. The van der Waals surface area contributed by atoms with Crippen LogP contribution in [0.25, 0.3) is 0 Å². The molecule has 0 amide bonds. The zero-order chi connectivity index (χ0) is 10.0. The first-order valence-corrected chi connectivity index (χ1v) is 3.24. The highest BCUT2D eigenvalue weighted by Gasteiger charge is 2.15. The minimum atomic E-state index is -1.30. The van der Waals surface area contributed by atoms with E-state index < -0.39 is 11.9 Å². The van der Waals surface area contributed by atoms with Gasteiger partial charge >= 0.3 is 11.9 Å². The van der Waals surface area contributed by atoms with E-state index >= 15 is 0 Å². The summed E-state index contributed by atoms with van der Waals surface area (Å²) in [4.78, 5) is 24.4. The van der Waals surface area contributed by atoms with Crippen LogP contribution in [0.2, 0.25) is 0 Å². The van der Waals surface area contributed by atoms with E-state index in [1.165, 1.54) is 0 Å². The normalized spacial score (nSPS) is 9.54. The quantitative estimate of drug-likeness (QED) is 0.595. The van der Waals surface area contributed by atoms with Crippen molar-refractivity contribution in [1.29, 1.82) is 0 Å². The van der Waals surface area contributed by atoms with Crippen LogP contribution in [0.5, 0.6) is 0 Å². The van der Waals surface area contributed by atoms with Crippen molar-refractivity contribution in [1.82, 2.24) is 4.98 Å². The van der Waals surface area contributed by atoms with Crippen LogP contribution >= 0.6 is 0 Å². The van der Waals surface area contributed by atoms with Gasteiger partial charge in [0.1, 0.15) is 11.1 Å². The number of pyridine rings is 1. The van der Waals surface area contributed by atoms with Crippen molar-refractivity contribution in [3.05, 3.63) is 23.5 Å². The van der Waals surface area contributed by atoms with Crippen LogP contribution in [0.1, 0.15) is 20.7 Å². The molecule has 0 aliphatic rings. The van der Waals surface area contributed by atoms with Gasteiger partial charge in [-0.3, -0.25) is 4.98 Å². The Labute approximate surface area is 72.6 Å². The highest BCUT2D eigenvalue weighted by Crippen LogP contribution is 2.15. The van der Waals surface area contributed by atoms with Crippen molar-refractivity contribution in [2.75, 3.05) is 5.73 Å². The number of nitrogen functional groups attached to an aromatic ring is 1. The molecule has 1 heterocycles. The number of carbonyl (C=O) groups is 2. The number of carboxylic acid groups (broad SMARTS) is 2. The first kappa shape index (κ1) is 8.98. The van der Waals surface area contributed by atoms with Crippen LogP contribution in [0, 0.1) is 0 Å². The topological polar surface area (TPSA) is 114 Å². The summed E-state index contributed by atoms with van der Waals surface area (Å²) in [6.07, 6.45) is 2.01. The molecule has 0 aromatic carbocycles. The van der Waals surface area contributed by atoms with Gasteiger partial charge in [0.2, 0.25) is 0 Å². The third kappa shape index (κ3) is 1.56. The number of carboxylic acids is 2. The number of hydrogen-bond acceptors (Lipinski definition) is 4. The number of nitrogens with zero attached hydrogens (tertiary/aromatic N) is 1. The molecule has 6 heteroatoms. The zero-order valence-electron chi connectivity index (χ0n) is 6.39. The van der Waals surface area contributed by atoms with Gasteiger partial charge in [0.05, 0.1) is 5.69 Å². The fourth-order valence-electron chi connectivity index (χ4n) is 0.811. The molecule has 6 nitrogen and oxygen atoms in total. The van der Waals surface area contributed by atoms with E-state index in [1.54, 1.807) is 0 Å². The summed E-state index contributed by atoms with van der Waals surface area (Å²) in [5.41, 5.74) is 4.39. The summed E-state index contributed by atoms with van der Waals surface area (Å²) >= 11 is 0.